The van der Waals surface area contributed by atoms with Gasteiger partial charge >= 0.3 is 0 Å². The zero-order chi connectivity index (χ0) is 13.1. The van der Waals surface area contributed by atoms with Crippen LogP contribution < -0.4 is 5.32 Å². The van der Waals surface area contributed by atoms with Gasteiger partial charge in [0.25, 0.3) is 0 Å². The van der Waals surface area contributed by atoms with Crippen LogP contribution in [0.25, 0.3) is 0 Å². The van der Waals surface area contributed by atoms with Crippen LogP contribution >= 0.6 is 11.3 Å². The van der Waals surface area contributed by atoms with Crippen LogP contribution in [0.2, 0.25) is 0 Å². The first kappa shape index (κ1) is 13.3. The average Bonchev–Trinajstić information content (AvgIpc) is 2.96. The molecule has 2 rings (SSSR count). The number of hydrogen-bond donors (Lipinski definition) is 1. The van der Waals surface area contributed by atoms with Gasteiger partial charge in [-0.3, -0.25) is 0 Å². The molecule has 0 aliphatic heterocycles. The van der Waals surface area contributed by atoms with E-state index in [0.717, 1.165) is 13.0 Å². The van der Waals surface area contributed by atoms with Gasteiger partial charge in [-0.15, -0.1) is 11.3 Å². The van der Waals surface area contributed by atoms with Crippen LogP contribution in [0.5, 0.6) is 0 Å². The summed E-state index contributed by atoms with van der Waals surface area (Å²) in [6, 6.07) is 2.63. The summed E-state index contributed by atoms with van der Waals surface area (Å²) in [5, 5.41) is 6.83. The number of aromatic nitrogens is 2. The van der Waals surface area contributed by atoms with Crippen molar-refractivity contribution in [1.29, 1.82) is 0 Å². The van der Waals surface area contributed by atoms with Crippen LogP contribution in [-0.4, -0.2) is 9.55 Å². The molecule has 0 aliphatic carbocycles. The molecule has 0 saturated heterocycles. The Morgan fingerprint density at radius 1 is 1.44 bits per heavy atom. The lowest BCUT2D eigenvalue weighted by Crippen LogP contribution is -2.20. The predicted octanol–water partition coefficient (Wildman–Crippen LogP) is 3.34. The van der Waals surface area contributed by atoms with Gasteiger partial charge < -0.3 is 9.88 Å². The van der Waals surface area contributed by atoms with E-state index in [1.54, 1.807) is 11.3 Å². The van der Waals surface area contributed by atoms with Crippen LogP contribution in [0.1, 0.15) is 41.3 Å². The van der Waals surface area contributed by atoms with Gasteiger partial charge in [0.1, 0.15) is 5.01 Å². The van der Waals surface area contributed by atoms with E-state index in [0.29, 0.717) is 6.04 Å². The largest absolute Gasteiger partial charge is 0.352 e. The molecule has 0 amide bonds. The van der Waals surface area contributed by atoms with Crippen LogP contribution in [0.15, 0.2) is 17.6 Å². The maximum atomic E-state index is 4.40. The second-order valence-electron chi connectivity index (χ2n) is 4.67. The zero-order valence-corrected chi connectivity index (χ0v) is 12.3. The number of rotatable bonds is 5. The van der Waals surface area contributed by atoms with Crippen LogP contribution in [0.4, 0.5) is 0 Å². The molecule has 1 N–H and O–H groups in total. The fourth-order valence-corrected chi connectivity index (χ4v) is 2.96. The van der Waals surface area contributed by atoms with Gasteiger partial charge in [-0.25, -0.2) is 4.98 Å². The third-order valence-corrected chi connectivity index (χ3v) is 4.47. The number of thiazole rings is 1. The molecule has 98 valence electrons. The van der Waals surface area contributed by atoms with Crippen LogP contribution in [0, 0.1) is 13.8 Å². The Hall–Kier alpha value is -1.13. The summed E-state index contributed by atoms with van der Waals surface area (Å²) in [6.45, 7) is 7.43. The van der Waals surface area contributed by atoms with E-state index in [2.05, 4.69) is 48.8 Å². The van der Waals surface area contributed by atoms with Crippen LogP contribution in [0.3, 0.4) is 0 Å². The summed E-state index contributed by atoms with van der Waals surface area (Å²) in [7, 11) is 2.12. The highest BCUT2D eigenvalue weighted by Gasteiger charge is 2.13. The second-order valence-corrected chi connectivity index (χ2v) is 5.59. The Morgan fingerprint density at radius 2 is 2.22 bits per heavy atom. The van der Waals surface area contributed by atoms with Crippen LogP contribution in [-0.2, 0) is 13.6 Å². The highest BCUT2D eigenvalue weighted by Crippen LogP contribution is 2.20. The lowest BCUT2D eigenvalue weighted by atomic mass is 10.2. The van der Waals surface area contributed by atoms with E-state index in [1.807, 2.05) is 11.6 Å². The minimum Gasteiger partial charge on any atom is -0.352 e. The Bertz CT molecular complexity index is 499. The fourth-order valence-electron chi connectivity index (χ4n) is 2.16. The van der Waals surface area contributed by atoms with Crippen molar-refractivity contribution in [2.24, 2.45) is 7.05 Å². The molecule has 0 bridgehead atoms. The van der Waals surface area contributed by atoms with Crippen molar-refractivity contribution in [1.82, 2.24) is 14.9 Å². The molecule has 18 heavy (non-hydrogen) atoms. The van der Waals surface area contributed by atoms with Gasteiger partial charge in [0.15, 0.2) is 0 Å². The van der Waals surface area contributed by atoms with E-state index in [9.17, 15) is 0 Å². The number of aryl methyl sites for hydroxylation is 1. The van der Waals surface area contributed by atoms with E-state index in [-0.39, 0.29) is 0 Å². The van der Waals surface area contributed by atoms with Crippen molar-refractivity contribution < 1.29 is 0 Å². The van der Waals surface area contributed by atoms with Gasteiger partial charge in [-0.2, -0.15) is 0 Å². The van der Waals surface area contributed by atoms with Gasteiger partial charge in [-0.05, 0) is 31.9 Å². The zero-order valence-electron chi connectivity index (χ0n) is 11.5. The van der Waals surface area contributed by atoms with E-state index >= 15 is 0 Å². The molecular weight excluding hydrogens is 242 g/mol. The summed E-state index contributed by atoms with van der Waals surface area (Å²) >= 11 is 1.72. The standard InChI is InChI=1S/C14H21N3S/c1-5-13(14-15-6-7-18-14)16-9-12-8-10(2)17(4)11(12)3/h6-8,13,16H,5,9H2,1-4H3. The smallest absolute Gasteiger partial charge is 0.109 e. The molecule has 4 heteroatoms. The van der Waals surface area contributed by atoms with E-state index in [1.165, 1.54) is 22.0 Å². The summed E-state index contributed by atoms with van der Waals surface area (Å²) in [5.74, 6) is 0. The highest BCUT2D eigenvalue weighted by molar-refractivity contribution is 7.09. The third kappa shape index (κ3) is 2.65. The lowest BCUT2D eigenvalue weighted by molar-refractivity contribution is 0.515. The molecule has 1 atom stereocenters. The van der Waals surface area contributed by atoms with Gasteiger partial charge in [0, 0.05) is 36.6 Å². The fraction of sp³-hybridized carbons (Fsp3) is 0.500. The molecule has 2 aromatic heterocycles. The maximum Gasteiger partial charge on any atom is 0.109 e. The summed E-state index contributed by atoms with van der Waals surface area (Å²) < 4.78 is 2.24. The predicted molar refractivity (Wildman–Crippen MR) is 76.9 cm³/mol. The van der Waals surface area contributed by atoms with Gasteiger partial charge in [0.2, 0.25) is 0 Å². The number of hydrogen-bond acceptors (Lipinski definition) is 3. The average molecular weight is 263 g/mol. The topological polar surface area (TPSA) is 29.9 Å². The first-order valence-corrected chi connectivity index (χ1v) is 7.26. The minimum absolute atomic E-state index is 0.366. The molecule has 0 saturated carbocycles. The highest BCUT2D eigenvalue weighted by atomic mass is 32.1. The van der Waals surface area contributed by atoms with Gasteiger partial charge in [-0.1, -0.05) is 6.92 Å². The normalized spacial score (nSPS) is 12.9. The quantitative estimate of drug-likeness (QED) is 0.896. The van der Waals surface area contributed by atoms with Crippen molar-refractivity contribution in [2.45, 2.75) is 39.8 Å². The number of nitrogens with one attached hydrogen (secondary N) is 1. The molecule has 0 aromatic carbocycles. The van der Waals surface area contributed by atoms with Gasteiger partial charge in [0.05, 0.1) is 6.04 Å². The molecule has 2 aromatic rings. The molecule has 0 spiro atoms. The molecule has 3 nitrogen and oxygen atoms in total. The number of nitrogens with zero attached hydrogens (tertiary/aromatic N) is 2. The molecule has 0 fully saturated rings. The lowest BCUT2D eigenvalue weighted by Gasteiger charge is -2.14. The molecule has 0 aliphatic rings. The van der Waals surface area contributed by atoms with Crippen molar-refractivity contribution in [3.05, 3.63) is 39.6 Å². The Kier molecular flexibility index (Phi) is 4.19. The molecule has 0 radical (unpaired) electrons. The first-order valence-electron chi connectivity index (χ1n) is 6.38. The Balaban J connectivity index is 2.04. The summed E-state index contributed by atoms with van der Waals surface area (Å²) in [6.07, 6.45) is 2.95. The summed E-state index contributed by atoms with van der Waals surface area (Å²) in [5.41, 5.74) is 4.03. The monoisotopic (exact) mass is 263 g/mol. The molecular formula is C14H21N3S. The van der Waals surface area contributed by atoms with Crippen molar-refractivity contribution in [2.75, 3.05) is 0 Å². The van der Waals surface area contributed by atoms with Crippen molar-refractivity contribution in [3.63, 3.8) is 0 Å². The Morgan fingerprint density at radius 3 is 2.72 bits per heavy atom. The molecule has 2 heterocycles. The maximum absolute atomic E-state index is 4.40. The third-order valence-electron chi connectivity index (χ3n) is 3.58. The Labute approximate surface area is 113 Å². The van der Waals surface area contributed by atoms with E-state index < -0.39 is 0 Å². The SMILES string of the molecule is CCC(NCc1cc(C)n(C)c1C)c1nccs1. The second kappa shape index (κ2) is 5.67. The molecule has 1 unspecified atom stereocenters. The van der Waals surface area contributed by atoms with Crippen molar-refractivity contribution >= 4 is 11.3 Å². The minimum atomic E-state index is 0.366. The van der Waals surface area contributed by atoms with Crippen molar-refractivity contribution in [3.8, 4) is 0 Å². The van der Waals surface area contributed by atoms with E-state index in [4.69, 9.17) is 0 Å². The first-order chi connectivity index (χ1) is 8.63. The summed E-state index contributed by atoms with van der Waals surface area (Å²) in [4.78, 5) is 4.40.